The van der Waals surface area contributed by atoms with Crippen molar-refractivity contribution in [1.29, 1.82) is 0 Å². The Hall–Kier alpha value is -1.84. The molecule has 0 amide bonds. The molecule has 2 aromatic carbocycles. The van der Waals surface area contributed by atoms with Crippen LogP contribution in [0.15, 0.2) is 54.6 Å². The molecule has 3 N–H and O–H groups in total. The highest BCUT2D eigenvalue weighted by molar-refractivity contribution is 5.34. The lowest BCUT2D eigenvalue weighted by atomic mass is 9.82. The highest BCUT2D eigenvalue weighted by atomic mass is 16.5. The Morgan fingerprint density at radius 2 is 1.55 bits per heavy atom. The first-order chi connectivity index (χ1) is 9.53. The number of para-hydroxylation sites is 1. The number of rotatable bonds is 5. The molecule has 20 heavy (non-hydrogen) atoms. The molecular weight excluding hydrogens is 250 g/mol. The number of ether oxygens (including phenoxy) is 1. The fourth-order valence-corrected chi connectivity index (χ4v) is 1.92. The molecule has 0 spiro atoms. The summed E-state index contributed by atoms with van der Waals surface area (Å²) in [7, 11) is 0. The molecule has 3 heteroatoms. The number of nitrogens with two attached hydrogens (primary N) is 1. The van der Waals surface area contributed by atoms with E-state index in [1.165, 1.54) is 0 Å². The molecule has 2 rings (SSSR count). The van der Waals surface area contributed by atoms with E-state index >= 15 is 0 Å². The standard InChI is InChI=1S/C17H21NO2/c1-17(2,12-19)16(18)13-8-10-15(11-9-13)20-14-6-4-3-5-7-14/h3-11,16,19H,12,18H2,1-2H3/t16-/m1/s1. The molecule has 0 aromatic heterocycles. The van der Waals surface area contributed by atoms with E-state index in [-0.39, 0.29) is 18.1 Å². The minimum atomic E-state index is -0.345. The monoisotopic (exact) mass is 271 g/mol. The average Bonchev–Trinajstić information content (AvgIpc) is 2.48. The molecule has 0 unspecified atom stereocenters. The Morgan fingerprint density at radius 1 is 1.00 bits per heavy atom. The summed E-state index contributed by atoms with van der Waals surface area (Å²) in [4.78, 5) is 0. The number of benzene rings is 2. The molecule has 0 aliphatic carbocycles. The molecule has 0 bridgehead atoms. The summed E-state index contributed by atoms with van der Waals surface area (Å²) in [5.74, 6) is 1.58. The van der Waals surface area contributed by atoms with Gasteiger partial charge in [-0.25, -0.2) is 0 Å². The molecule has 0 heterocycles. The van der Waals surface area contributed by atoms with Gasteiger partial charge in [0, 0.05) is 18.1 Å². The second-order valence-corrected chi connectivity index (χ2v) is 5.61. The largest absolute Gasteiger partial charge is 0.457 e. The highest BCUT2D eigenvalue weighted by Crippen LogP contribution is 2.32. The second kappa shape index (κ2) is 6.07. The zero-order valence-electron chi connectivity index (χ0n) is 11.9. The van der Waals surface area contributed by atoms with Crippen LogP contribution in [0, 0.1) is 5.41 Å². The fourth-order valence-electron chi connectivity index (χ4n) is 1.92. The van der Waals surface area contributed by atoms with Gasteiger partial charge in [0.2, 0.25) is 0 Å². The molecule has 0 aliphatic heterocycles. The molecule has 0 fully saturated rings. The molecule has 2 aromatic rings. The van der Waals surface area contributed by atoms with Crippen LogP contribution in [0.5, 0.6) is 11.5 Å². The quantitative estimate of drug-likeness (QED) is 0.875. The summed E-state index contributed by atoms with van der Waals surface area (Å²) < 4.78 is 5.73. The van der Waals surface area contributed by atoms with E-state index in [9.17, 15) is 5.11 Å². The molecule has 0 saturated carbocycles. The lowest BCUT2D eigenvalue weighted by molar-refractivity contribution is 0.132. The van der Waals surface area contributed by atoms with Gasteiger partial charge >= 0.3 is 0 Å². The van der Waals surface area contributed by atoms with E-state index in [2.05, 4.69) is 0 Å². The van der Waals surface area contributed by atoms with Crippen LogP contribution in [0.1, 0.15) is 25.5 Å². The molecule has 0 radical (unpaired) electrons. The Bertz CT molecular complexity index is 535. The summed E-state index contributed by atoms with van der Waals surface area (Å²) in [6.45, 7) is 3.95. The first kappa shape index (κ1) is 14.6. The Morgan fingerprint density at radius 3 is 2.10 bits per heavy atom. The van der Waals surface area contributed by atoms with Crippen LogP contribution in [-0.4, -0.2) is 11.7 Å². The van der Waals surface area contributed by atoms with E-state index < -0.39 is 0 Å². The molecular formula is C17H21NO2. The van der Waals surface area contributed by atoms with Gasteiger partial charge in [0.15, 0.2) is 0 Å². The van der Waals surface area contributed by atoms with Gasteiger partial charge in [0.1, 0.15) is 11.5 Å². The van der Waals surface area contributed by atoms with Crippen molar-refractivity contribution in [1.82, 2.24) is 0 Å². The maximum Gasteiger partial charge on any atom is 0.127 e. The predicted octanol–water partition coefficient (Wildman–Crippen LogP) is 3.50. The van der Waals surface area contributed by atoms with Crippen molar-refractivity contribution in [2.75, 3.05) is 6.61 Å². The van der Waals surface area contributed by atoms with Gasteiger partial charge in [0.05, 0.1) is 0 Å². The minimum absolute atomic E-state index is 0.0520. The third-order valence-electron chi connectivity index (χ3n) is 3.47. The van der Waals surface area contributed by atoms with E-state index in [0.29, 0.717) is 0 Å². The summed E-state index contributed by atoms with van der Waals surface area (Å²) in [5.41, 5.74) is 6.83. The van der Waals surface area contributed by atoms with Crippen molar-refractivity contribution in [2.24, 2.45) is 11.1 Å². The van der Waals surface area contributed by atoms with Crippen molar-refractivity contribution in [3.63, 3.8) is 0 Å². The summed E-state index contributed by atoms with van der Waals surface area (Å²) in [5, 5.41) is 9.37. The molecule has 3 nitrogen and oxygen atoms in total. The summed E-state index contributed by atoms with van der Waals surface area (Å²) in [6, 6.07) is 17.1. The topological polar surface area (TPSA) is 55.5 Å². The smallest absolute Gasteiger partial charge is 0.127 e. The molecule has 1 atom stereocenters. The van der Waals surface area contributed by atoms with Crippen LogP contribution in [0.4, 0.5) is 0 Å². The number of hydrogen-bond acceptors (Lipinski definition) is 3. The molecule has 0 aliphatic rings. The van der Waals surface area contributed by atoms with E-state index in [0.717, 1.165) is 17.1 Å². The van der Waals surface area contributed by atoms with Crippen LogP contribution < -0.4 is 10.5 Å². The zero-order valence-corrected chi connectivity index (χ0v) is 11.9. The molecule has 106 valence electrons. The van der Waals surface area contributed by atoms with Crippen molar-refractivity contribution in [2.45, 2.75) is 19.9 Å². The van der Waals surface area contributed by atoms with Gasteiger partial charge in [-0.3, -0.25) is 0 Å². The zero-order chi connectivity index (χ0) is 14.6. The highest BCUT2D eigenvalue weighted by Gasteiger charge is 2.26. The summed E-state index contributed by atoms with van der Waals surface area (Å²) >= 11 is 0. The number of aliphatic hydroxyl groups excluding tert-OH is 1. The van der Waals surface area contributed by atoms with Crippen LogP contribution in [0.25, 0.3) is 0 Å². The first-order valence-corrected chi connectivity index (χ1v) is 6.72. The van der Waals surface area contributed by atoms with Crippen molar-refractivity contribution < 1.29 is 9.84 Å². The van der Waals surface area contributed by atoms with Crippen LogP contribution in [0.2, 0.25) is 0 Å². The third-order valence-corrected chi connectivity index (χ3v) is 3.47. The van der Waals surface area contributed by atoms with Gasteiger partial charge in [-0.1, -0.05) is 44.2 Å². The van der Waals surface area contributed by atoms with Crippen LogP contribution in [0.3, 0.4) is 0 Å². The van der Waals surface area contributed by atoms with Gasteiger partial charge in [-0.05, 0) is 29.8 Å². The third kappa shape index (κ3) is 3.38. The van der Waals surface area contributed by atoms with Crippen molar-refractivity contribution >= 4 is 0 Å². The maximum absolute atomic E-state index is 9.37. The van der Waals surface area contributed by atoms with E-state index in [1.807, 2.05) is 68.4 Å². The number of hydrogen-bond donors (Lipinski definition) is 2. The van der Waals surface area contributed by atoms with E-state index in [1.54, 1.807) is 0 Å². The maximum atomic E-state index is 9.37. The van der Waals surface area contributed by atoms with Gasteiger partial charge in [0.25, 0.3) is 0 Å². The van der Waals surface area contributed by atoms with Crippen molar-refractivity contribution in [3.05, 3.63) is 60.2 Å². The van der Waals surface area contributed by atoms with Gasteiger partial charge in [-0.2, -0.15) is 0 Å². The lowest BCUT2D eigenvalue weighted by Crippen LogP contribution is -2.32. The lowest BCUT2D eigenvalue weighted by Gasteiger charge is -2.29. The predicted molar refractivity (Wildman–Crippen MR) is 80.8 cm³/mol. The van der Waals surface area contributed by atoms with Gasteiger partial charge < -0.3 is 15.6 Å². The Kier molecular flexibility index (Phi) is 4.42. The van der Waals surface area contributed by atoms with Crippen LogP contribution in [-0.2, 0) is 0 Å². The van der Waals surface area contributed by atoms with Crippen LogP contribution >= 0.6 is 0 Å². The first-order valence-electron chi connectivity index (χ1n) is 6.72. The second-order valence-electron chi connectivity index (χ2n) is 5.61. The normalized spacial score (nSPS) is 13.0. The fraction of sp³-hybridized carbons (Fsp3) is 0.294. The molecule has 0 saturated heterocycles. The van der Waals surface area contributed by atoms with E-state index in [4.69, 9.17) is 10.5 Å². The van der Waals surface area contributed by atoms with Gasteiger partial charge in [-0.15, -0.1) is 0 Å². The Balaban J connectivity index is 2.11. The Labute approximate surface area is 120 Å². The minimum Gasteiger partial charge on any atom is -0.457 e. The average molecular weight is 271 g/mol. The van der Waals surface area contributed by atoms with Crippen molar-refractivity contribution in [3.8, 4) is 11.5 Å². The number of aliphatic hydroxyl groups is 1. The SMILES string of the molecule is CC(C)(CO)[C@H](N)c1ccc(Oc2ccccc2)cc1. The summed E-state index contributed by atoms with van der Waals surface area (Å²) in [6.07, 6.45) is 0.